The Kier molecular flexibility index (Phi) is 2.50. The quantitative estimate of drug-likeness (QED) is 0.217. The Balaban J connectivity index is 2.25. The zero-order valence-corrected chi connectivity index (χ0v) is 7.06. The van der Waals surface area contributed by atoms with E-state index in [1.165, 1.54) is 0 Å². The van der Waals surface area contributed by atoms with Crippen LogP contribution in [-0.2, 0) is 9.47 Å². The number of nitro groups is 1. The van der Waals surface area contributed by atoms with E-state index in [9.17, 15) is 14.9 Å². The summed E-state index contributed by atoms with van der Waals surface area (Å²) in [5.74, 6) is 0. The van der Waals surface area contributed by atoms with E-state index in [-0.39, 0.29) is 6.10 Å². The molecule has 0 amide bonds. The first-order valence-electron chi connectivity index (χ1n) is 3.69. The maximum absolute atomic E-state index is 10.8. The van der Waals surface area contributed by atoms with Gasteiger partial charge in [0.15, 0.2) is 0 Å². The minimum atomic E-state index is -1.38. The molecule has 0 saturated heterocycles. The predicted octanol–water partition coefficient (Wildman–Crippen LogP) is 1.09. The molecule has 0 N–H and O–H groups in total. The minimum absolute atomic E-state index is 0.313. The van der Waals surface area contributed by atoms with Gasteiger partial charge in [0.2, 0.25) is 0 Å². The zero-order valence-electron chi connectivity index (χ0n) is 7.06. The molecule has 0 aliphatic heterocycles. The van der Waals surface area contributed by atoms with E-state index in [4.69, 9.17) is 0 Å². The number of hydrogen-bond donors (Lipinski definition) is 0. The van der Waals surface area contributed by atoms with Crippen molar-refractivity contribution in [2.75, 3.05) is 0 Å². The van der Waals surface area contributed by atoms with Crippen molar-refractivity contribution in [1.82, 2.24) is 0 Å². The van der Waals surface area contributed by atoms with Crippen LogP contribution in [0.4, 0.5) is 4.79 Å². The molecule has 1 saturated carbocycles. The van der Waals surface area contributed by atoms with Crippen LogP contribution < -0.4 is 0 Å². The highest BCUT2D eigenvalue weighted by Crippen LogP contribution is 2.30. The second kappa shape index (κ2) is 3.42. The van der Waals surface area contributed by atoms with Crippen LogP contribution in [0.25, 0.3) is 0 Å². The van der Waals surface area contributed by atoms with Crippen LogP contribution in [0, 0.1) is 10.1 Å². The van der Waals surface area contributed by atoms with Gasteiger partial charge in [0.1, 0.15) is 6.10 Å². The molecule has 1 aliphatic carbocycles. The lowest BCUT2D eigenvalue weighted by atomic mass is 10.7. The molecule has 2 unspecified atom stereocenters. The first kappa shape index (κ1) is 9.50. The summed E-state index contributed by atoms with van der Waals surface area (Å²) in [6.45, 7) is 4.70. The molecule has 13 heavy (non-hydrogen) atoms. The van der Waals surface area contributed by atoms with Gasteiger partial charge in [-0.2, -0.15) is 0 Å². The van der Waals surface area contributed by atoms with E-state index in [1.807, 2.05) is 0 Å². The summed E-state index contributed by atoms with van der Waals surface area (Å²) in [6.07, 6.45) is -2.10. The van der Waals surface area contributed by atoms with Gasteiger partial charge in [0.05, 0.1) is 4.92 Å². The summed E-state index contributed by atoms with van der Waals surface area (Å²) in [6, 6.07) is 0. The molecule has 0 radical (unpaired) electrons. The molecule has 1 aliphatic rings. The average molecular weight is 187 g/mol. The third kappa shape index (κ3) is 2.73. The highest BCUT2D eigenvalue weighted by atomic mass is 16.8. The monoisotopic (exact) mass is 187 g/mol. The molecular formula is C7H9NO5. The smallest absolute Gasteiger partial charge is 0.426 e. The summed E-state index contributed by atoms with van der Waals surface area (Å²) in [4.78, 5) is 20.1. The number of rotatable bonds is 3. The molecule has 72 valence electrons. The van der Waals surface area contributed by atoms with Crippen molar-refractivity contribution >= 4 is 6.16 Å². The maximum atomic E-state index is 10.8. The van der Waals surface area contributed by atoms with E-state index >= 15 is 0 Å². The van der Waals surface area contributed by atoms with Crippen molar-refractivity contribution < 1.29 is 19.2 Å². The lowest BCUT2D eigenvalue weighted by molar-refractivity contribution is -0.563. The van der Waals surface area contributed by atoms with Gasteiger partial charge in [-0.05, 0) is 5.57 Å². The summed E-state index contributed by atoms with van der Waals surface area (Å²) in [5, 5.41) is 10.1. The topological polar surface area (TPSA) is 78.7 Å². The number of ether oxygens (including phenoxy) is 2. The Hall–Kier alpha value is -1.59. The molecule has 1 fully saturated rings. The summed E-state index contributed by atoms with van der Waals surface area (Å²) < 4.78 is 8.94. The summed E-state index contributed by atoms with van der Waals surface area (Å²) in [5.41, 5.74) is 0.797. The largest absolute Gasteiger partial charge is 0.514 e. The molecule has 0 bridgehead atoms. The van der Waals surface area contributed by atoms with Crippen LogP contribution in [0.5, 0.6) is 0 Å². The van der Waals surface area contributed by atoms with E-state index in [0.29, 0.717) is 6.42 Å². The van der Waals surface area contributed by atoms with E-state index in [1.54, 1.807) is 0 Å². The first-order valence-corrected chi connectivity index (χ1v) is 3.69. The van der Waals surface area contributed by atoms with Crippen LogP contribution in [-0.4, -0.2) is 23.4 Å². The average Bonchev–Trinajstić information content (AvgIpc) is 2.65. The highest BCUT2D eigenvalue weighted by molar-refractivity contribution is 5.61. The van der Waals surface area contributed by atoms with E-state index in [0.717, 1.165) is 12.5 Å². The fourth-order valence-corrected chi connectivity index (χ4v) is 0.630. The third-order valence-electron chi connectivity index (χ3n) is 1.54. The normalized spacial score (nSPS) is 21.9. The van der Waals surface area contributed by atoms with E-state index in [2.05, 4.69) is 16.1 Å². The SMILES string of the molecule is C=C1CC1OC(=O)OC(C)[N+](=O)[O-]. The maximum Gasteiger partial charge on any atom is 0.514 e. The van der Waals surface area contributed by atoms with Crippen LogP contribution in [0.3, 0.4) is 0 Å². The number of carbonyl (C=O) groups is 1. The number of carbonyl (C=O) groups excluding carboxylic acids is 1. The zero-order chi connectivity index (χ0) is 10.0. The van der Waals surface area contributed by atoms with Crippen molar-refractivity contribution in [3.63, 3.8) is 0 Å². The second-order valence-electron chi connectivity index (χ2n) is 2.72. The Morgan fingerprint density at radius 3 is 2.77 bits per heavy atom. The first-order chi connectivity index (χ1) is 6.00. The van der Waals surface area contributed by atoms with Gasteiger partial charge in [0, 0.05) is 13.3 Å². The van der Waals surface area contributed by atoms with Gasteiger partial charge in [-0.15, -0.1) is 0 Å². The molecule has 1 rings (SSSR count). The highest BCUT2D eigenvalue weighted by Gasteiger charge is 2.33. The van der Waals surface area contributed by atoms with Crippen molar-refractivity contribution in [2.45, 2.75) is 25.7 Å². The Bertz CT molecular complexity index is 262. The molecule has 2 atom stereocenters. The minimum Gasteiger partial charge on any atom is -0.426 e. The molecule has 0 aromatic heterocycles. The van der Waals surface area contributed by atoms with Gasteiger partial charge in [-0.25, -0.2) is 4.79 Å². The Morgan fingerprint density at radius 2 is 2.38 bits per heavy atom. The fourth-order valence-electron chi connectivity index (χ4n) is 0.630. The molecule has 6 nitrogen and oxygen atoms in total. The predicted molar refractivity (Wildman–Crippen MR) is 41.6 cm³/mol. The van der Waals surface area contributed by atoms with E-state index < -0.39 is 17.3 Å². The third-order valence-corrected chi connectivity index (χ3v) is 1.54. The van der Waals surface area contributed by atoms with Gasteiger partial charge in [-0.1, -0.05) is 6.58 Å². The molecule has 0 spiro atoms. The Labute approximate surface area is 74.3 Å². The molecular weight excluding hydrogens is 178 g/mol. The van der Waals surface area contributed by atoms with Gasteiger partial charge in [0.25, 0.3) is 0 Å². The number of nitrogens with zero attached hydrogens (tertiary/aromatic N) is 1. The molecule has 0 heterocycles. The van der Waals surface area contributed by atoms with Crippen LogP contribution in [0.1, 0.15) is 13.3 Å². The van der Waals surface area contributed by atoms with Crippen molar-refractivity contribution in [2.24, 2.45) is 0 Å². The van der Waals surface area contributed by atoms with Gasteiger partial charge >= 0.3 is 12.4 Å². The molecule has 0 aromatic carbocycles. The standard InChI is InChI=1S/C7H9NO5/c1-4-3-6(4)13-7(9)12-5(2)8(10)11/h5-6H,1,3H2,2H3. The van der Waals surface area contributed by atoms with Crippen LogP contribution in [0.2, 0.25) is 0 Å². The lowest BCUT2D eigenvalue weighted by Gasteiger charge is -2.05. The van der Waals surface area contributed by atoms with Gasteiger partial charge < -0.3 is 9.47 Å². The van der Waals surface area contributed by atoms with Crippen molar-refractivity contribution in [3.8, 4) is 0 Å². The van der Waals surface area contributed by atoms with Crippen LogP contribution in [0.15, 0.2) is 12.2 Å². The molecule has 0 aromatic rings. The van der Waals surface area contributed by atoms with Crippen molar-refractivity contribution in [3.05, 3.63) is 22.3 Å². The Morgan fingerprint density at radius 1 is 1.85 bits per heavy atom. The van der Waals surface area contributed by atoms with Gasteiger partial charge in [-0.3, -0.25) is 10.1 Å². The summed E-state index contributed by atoms with van der Waals surface area (Å²) in [7, 11) is 0. The number of hydrogen-bond acceptors (Lipinski definition) is 5. The summed E-state index contributed by atoms with van der Waals surface area (Å²) >= 11 is 0. The molecule has 6 heteroatoms. The van der Waals surface area contributed by atoms with Crippen molar-refractivity contribution in [1.29, 1.82) is 0 Å². The van der Waals surface area contributed by atoms with Crippen LogP contribution >= 0.6 is 0 Å². The second-order valence-corrected chi connectivity index (χ2v) is 2.72. The lowest BCUT2D eigenvalue weighted by Crippen LogP contribution is -2.23. The fraction of sp³-hybridized carbons (Fsp3) is 0.571.